The largest absolute Gasteiger partial charge is 0.346 e. The summed E-state index contributed by atoms with van der Waals surface area (Å²) in [6.45, 7) is 0. The van der Waals surface area contributed by atoms with Crippen LogP contribution in [0.25, 0.3) is 0 Å². The predicted molar refractivity (Wildman–Crippen MR) is 61.2 cm³/mol. The standard InChI is InChI=1S/C11H11Cl2NO/c12-7-10(15)14-11(4-5-11)8-2-1-3-9(13)6-8/h1-3,6H,4-5,7H2,(H,14,15). The van der Waals surface area contributed by atoms with Crippen LogP contribution in [0.15, 0.2) is 24.3 Å². The van der Waals surface area contributed by atoms with Gasteiger partial charge in [-0.3, -0.25) is 4.79 Å². The number of benzene rings is 1. The lowest BCUT2D eigenvalue weighted by atomic mass is 10.1. The van der Waals surface area contributed by atoms with Gasteiger partial charge in [-0.05, 0) is 30.5 Å². The van der Waals surface area contributed by atoms with E-state index in [0.29, 0.717) is 5.02 Å². The number of hydrogen-bond acceptors (Lipinski definition) is 1. The second-order valence-corrected chi connectivity index (χ2v) is 4.48. The molecule has 1 N–H and O–H groups in total. The average Bonchev–Trinajstić information content (AvgIpc) is 2.99. The van der Waals surface area contributed by atoms with Gasteiger partial charge in [-0.1, -0.05) is 23.7 Å². The number of carbonyl (C=O) groups is 1. The van der Waals surface area contributed by atoms with Crippen LogP contribution in [-0.4, -0.2) is 11.8 Å². The van der Waals surface area contributed by atoms with Crippen molar-refractivity contribution in [2.24, 2.45) is 0 Å². The first-order chi connectivity index (χ1) is 7.16. The molecule has 1 fully saturated rings. The van der Waals surface area contributed by atoms with Crippen LogP contribution in [0.3, 0.4) is 0 Å². The van der Waals surface area contributed by atoms with Gasteiger partial charge in [-0.2, -0.15) is 0 Å². The highest BCUT2D eigenvalue weighted by Gasteiger charge is 2.45. The third kappa shape index (κ3) is 2.27. The van der Waals surface area contributed by atoms with E-state index in [4.69, 9.17) is 23.2 Å². The number of carbonyl (C=O) groups excluding carboxylic acids is 1. The fourth-order valence-corrected chi connectivity index (χ4v) is 1.95. The molecule has 0 unspecified atom stereocenters. The Balaban J connectivity index is 2.19. The molecule has 15 heavy (non-hydrogen) atoms. The van der Waals surface area contributed by atoms with Crippen molar-refractivity contribution in [3.05, 3.63) is 34.9 Å². The number of nitrogens with one attached hydrogen (secondary N) is 1. The molecular formula is C11H11Cl2NO. The molecule has 1 aliphatic rings. The SMILES string of the molecule is O=C(CCl)NC1(c2cccc(Cl)c2)CC1. The van der Waals surface area contributed by atoms with Gasteiger partial charge in [-0.15, -0.1) is 11.6 Å². The normalized spacial score (nSPS) is 17.2. The molecule has 0 aromatic heterocycles. The number of rotatable bonds is 3. The molecule has 1 aromatic carbocycles. The summed E-state index contributed by atoms with van der Waals surface area (Å²) < 4.78 is 0. The zero-order valence-corrected chi connectivity index (χ0v) is 9.61. The van der Waals surface area contributed by atoms with Gasteiger partial charge in [0.2, 0.25) is 5.91 Å². The van der Waals surface area contributed by atoms with Crippen LogP contribution in [0.4, 0.5) is 0 Å². The molecule has 1 aromatic rings. The Morgan fingerprint density at radius 3 is 2.73 bits per heavy atom. The highest BCUT2D eigenvalue weighted by atomic mass is 35.5. The molecule has 2 rings (SSSR count). The van der Waals surface area contributed by atoms with Crippen molar-refractivity contribution in [3.63, 3.8) is 0 Å². The maximum Gasteiger partial charge on any atom is 0.235 e. The molecule has 4 heteroatoms. The van der Waals surface area contributed by atoms with Crippen LogP contribution in [0.1, 0.15) is 18.4 Å². The van der Waals surface area contributed by atoms with Gasteiger partial charge in [0.25, 0.3) is 0 Å². The lowest BCUT2D eigenvalue weighted by Gasteiger charge is -2.17. The van der Waals surface area contributed by atoms with Gasteiger partial charge >= 0.3 is 0 Å². The first-order valence-corrected chi connectivity index (χ1v) is 5.70. The van der Waals surface area contributed by atoms with Crippen molar-refractivity contribution < 1.29 is 4.79 Å². The smallest absolute Gasteiger partial charge is 0.235 e. The zero-order chi connectivity index (χ0) is 10.9. The van der Waals surface area contributed by atoms with Gasteiger partial charge in [0.15, 0.2) is 0 Å². The van der Waals surface area contributed by atoms with Crippen molar-refractivity contribution in [3.8, 4) is 0 Å². The Morgan fingerprint density at radius 2 is 2.20 bits per heavy atom. The monoisotopic (exact) mass is 243 g/mol. The Kier molecular flexibility index (Phi) is 2.89. The van der Waals surface area contributed by atoms with Gasteiger partial charge in [-0.25, -0.2) is 0 Å². The molecular weight excluding hydrogens is 233 g/mol. The van der Waals surface area contributed by atoms with E-state index in [0.717, 1.165) is 18.4 Å². The van der Waals surface area contributed by atoms with E-state index in [-0.39, 0.29) is 17.3 Å². The summed E-state index contributed by atoms with van der Waals surface area (Å²) in [5.74, 6) is -0.128. The van der Waals surface area contributed by atoms with E-state index in [1.807, 2.05) is 24.3 Å². The lowest BCUT2D eigenvalue weighted by Crippen LogP contribution is -2.35. The van der Waals surface area contributed by atoms with Crippen LogP contribution < -0.4 is 5.32 Å². The van der Waals surface area contributed by atoms with E-state index in [1.54, 1.807) is 0 Å². The molecule has 0 radical (unpaired) electrons. The van der Waals surface area contributed by atoms with Gasteiger partial charge < -0.3 is 5.32 Å². The molecule has 80 valence electrons. The molecule has 1 amide bonds. The van der Waals surface area contributed by atoms with Crippen LogP contribution in [0.5, 0.6) is 0 Å². The fraction of sp³-hybridized carbons (Fsp3) is 0.364. The summed E-state index contributed by atoms with van der Waals surface area (Å²) in [6.07, 6.45) is 1.91. The van der Waals surface area contributed by atoms with Crippen molar-refractivity contribution in [2.75, 3.05) is 5.88 Å². The first-order valence-electron chi connectivity index (χ1n) is 4.79. The molecule has 0 spiro atoms. The quantitative estimate of drug-likeness (QED) is 0.813. The molecule has 1 aliphatic carbocycles. The highest BCUT2D eigenvalue weighted by Crippen LogP contribution is 2.45. The van der Waals surface area contributed by atoms with Gasteiger partial charge in [0.1, 0.15) is 5.88 Å². The molecule has 0 atom stereocenters. The highest BCUT2D eigenvalue weighted by molar-refractivity contribution is 6.30. The summed E-state index contributed by atoms with van der Waals surface area (Å²) in [5, 5.41) is 3.62. The summed E-state index contributed by atoms with van der Waals surface area (Å²) in [4.78, 5) is 11.2. The van der Waals surface area contributed by atoms with Crippen molar-refractivity contribution in [2.45, 2.75) is 18.4 Å². The third-order valence-corrected chi connectivity index (χ3v) is 3.11. The second kappa shape index (κ2) is 4.03. The molecule has 0 saturated heterocycles. The average molecular weight is 244 g/mol. The molecule has 1 saturated carbocycles. The maximum absolute atomic E-state index is 11.2. The third-order valence-electron chi connectivity index (χ3n) is 2.63. The Morgan fingerprint density at radius 1 is 1.47 bits per heavy atom. The number of hydrogen-bond donors (Lipinski definition) is 1. The van der Waals surface area contributed by atoms with Gasteiger partial charge in [0.05, 0.1) is 5.54 Å². The van der Waals surface area contributed by atoms with E-state index in [1.165, 1.54) is 0 Å². The van der Waals surface area contributed by atoms with Crippen molar-refractivity contribution in [1.82, 2.24) is 5.32 Å². The van der Waals surface area contributed by atoms with Crippen LogP contribution in [0, 0.1) is 0 Å². The summed E-state index contributed by atoms with van der Waals surface area (Å²) in [7, 11) is 0. The first kappa shape index (κ1) is 10.8. The van der Waals surface area contributed by atoms with E-state index < -0.39 is 0 Å². The van der Waals surface area contributed by atoms with Crippen LogP contribution >= 0.6 is 23.2 Å². The second-order valence-electron chi connectivity index (χ2n) is 3.77. The fourth-order valence-electron chi connectivity index (χ4n) is 1.70. The molecule has 0 aliphatic heterocycles. The number of alkyl halides is 1. The van der Waals surface area contributed by atoms with E-state index in [2.05, 4.69) is 5.32 Å². The van der Waals surface area contributed by atoms with E-state index in [9.17, 15) is 4.79 Å². The zero-order valence-electron chi connectivity index (χ0n) is 8.09. The summed E-state index contributed by atoms with van der Waals surface area (Å²) in [5.41, 5.74) is 0.852. The minimum atomic E-state index is -0.211. The summed E-state index contributed by atoms with van der Waals surface area (Å²) >= 11 is 11.4. The van der Waals surface area contributed by atoms with Crippen LogP contribution in [-0.2, 0) is 10.3 Å². The number of amides is 1. The van der Waals surface area contributed by atoms with Gasteiger partial charge in [0, 0.05) is 5.02 Å². The van der Waals surface area contributed by atoms with Crippen LogP contribution in [0.2, 0.25) is 5.02 Å². The lowest BCUT2D eigenvalue weighted by molar-refractivity contribution is -0.119. The molecule has 0 heterocycles. The minimum Gasteiger partial charge on any atom is -0.346 e. The minimum absolute atomic E-state index is 0.00230. The van der Waals surface area contributed by atoms with Crippen molar-refractivity contribution in [1.29, 1.82) is 0 Å². The number of halogens is 2. The summed E-state index contributed by atoms with van der Waals surface area (Å²) in [6, 6.07) is 7.59. The predicted octanol–water partition coefficient (Wildman–Crippen LogP) is 2.68. The topological polar surface area (TPSA) is 29.1 Å². The van der Waals surface area contributed by atoms with Crippen molar-refractivity contribution >= 4 is 29.1 Å². The molecule has 0 bridgehead atoms. The Hall–Kier alpha value is -0.730. The van der Waals surface area contributed by atoms with E-state index >= 15 is 0 Å². The Labute approximate surface area is 98.6 Å². The molecule has 2 nitrogen and oxygen atoms in total. The Bertz CT molecular complexity index is 388. The maximum atomic E-state index is 11.2.